The molecule has 0 atom stereocenters. The zero-order valence-electron chi connectivity index (χ0n) is 10.7. The molecule has 0 rings (SSSR count). The van der Waals surface area contributed by atoms with Crippen LogP contribution in [0.1, 0.15) is 52.4 Å². The van der Waals surface area contributed by atoms with Crippen LogP contribution in [0.3, 0.4) is 0 Å². The number of aliphatic hydroxyl groups excluding tert-OH is 2. The van der Waals surface area contributed by atoms with Crippen molar-refractivity contribution in [1.29, 1.82) is 0 Å². The molecule has 2 N–H and O–H groups in total. The summed E-state index contributed by atoms with van der Waals surface area (Å²) < 4.78 is 0. The molecule has 0 aliphatic carbocycles. The van der Waals surface area contributed by atoms with Gasteiger partial charge in [0.25, 0.3) is 0 Å². The van der Waals surface area contributed by atoms with Crippen LogP contribution in [0.5, 0.6) is 0 Å². The van der Waals surface area contributed by atoms with Gasteiger partial charge >= 0.3 is 0 Å². The average molecular weight is 226 g/mol. The lowest BCUT2D eigenvalue weighted by Gasteiger charge is -2.10. The van der Waals surface area contributed by atoms with E-state index < -0.39 is 0 Å². The van der Waals surface area contributed by atoms with E-state index in [0.29, 0.717) is 0 Å². The molecule has 0 heterocycles. The van der Waals surface area contributed by atoms with Crippen LogP contribution in [0.25, 0.3) is 0 Å². The van der Waals surface area contributed by atoms with E-state index in [0.717, 1.165) is 36.8 Å². The van der Waals surface area contributed by atoms with Crippen molar-refractivity contribution in [3.8, 4) is 0 Å². The average Bonchev–Trinajstić information content (AvgIpc) is 2.31. The number of hydrogen-bond acceptors (Lipinski definition) is 2. The van der Waals surface area contributed by atoms with Gasteiger partial charge in [-0.25, -0.2) is 0 Å². The van der Waals surface area contributed by atoms with E-state index in [-0.39, 0.29) is 13.2 Å². The lowest BCUT2D eigenvalue weighted by Crippen LogP contribution is -2.01. The normalized spacial score (nSPS) is 13.2. The molecule has 0 unspecified atom stereocenters. The van der Waals surface area contributed by atoms with Crippen molar-refractivity contribution in [2.45, 2.75) is 52.4 Å². The second kappa shape index (κ2) is 10.9. The highest BCUT2D eigenvalue weighted by molar-refractivity contribution is 5.18. The molecule has 0 aromatic heterocycles. The van der Waals surface area contributed by atoms with Gasteiger partial charge in [0, 0.05) is 0 Å². The summed E-state index contributed by atoms with van der Waals surface area (Å²) in [5.41, 5.74) is 2.01. The Hall–Kier alpha value is -0.600. The Labute approximate surface area is 99.7 Å². The van der Waals surface area contributed by atoms with E-state index in [2.05, 4.69) is 26.0 Å². The summed E-state index contributed by atoms with van der Waals surface area (Å²) in [6, 6.07) is 0. The Morgan fingerprint density at radius 1 is 0.938 bits per heavy atom. The van der Waals surface area contributed by atoms with Gasteiger partial charge in [-0.3, -0.25) is 0 Å². The highest BCUT2D eigenvalue weighted by Gasteiger charge is 2.03. The molecule has 0 spiro atoms. The highest BCUT2D eigenvalue weighted by Crippen LogP contribution is 2.16. The molecule has 94 valence electrons. The van der Waals surface area contributed by atoms with E-state index in [1.165, 1.54) is 12.8 Å². The van der Waals surface area contributed by atoms with Crippen molar-refractivity contribution in [3.05, 3.63) is 23.3 Å². The predicted octanol–water partition coefficient (Wildman–Crippen LogP) is 3.20. The van der Waals surface area contributed by atoms with Crippen molar-refractivity contribution in [2.24, 2.45) is 0 Å². The first-order valence-electron chi connectivity index (χ1n) is 6.36. The largest absolute Gasteiger partial charge is 0.392 e. The highest BCUT2D eigenvalue weighted by atomic mass is 16.3. The molecule has 0 radical (unpaired) electrons. The summed E-state index contributed by atoms with van der Waals surface area (Å²) in [5.74, 6) is 0. The maximum atomic E-state index is 9.29. The molecule has 16 heavy (non-hydrogen) atoms. The molecule has 2 heteroatoms. The van der Waals surface area contributed by atoms with Gasteiger partial charge in [0.05, 0.1) is 13.2 Å². The van der Waals surface area contributed by atoms with E-state index >= 15 is 0 Å². The summed E-state index contributed by atoms with van der Waals surface area (Å²) in [4.78, 5) is 0. The molecule has 2 nitrogen and oxygen atoms in total. The number of hydrogen-bond donors (Lipinski definition) is 2. The monoisotopic (exact) mass is 226 g/mol. The smallest absolute Gasteiger partial charge is 0.0648 e. The molecule has 0 saturated carbocycles. The van der Waals surface area contributed by atoms with Crippen molar-refractivity contribution in [2.75, 3.05) is 13.2 Å². The zero-order valence-corrected chi connectivity index (χ0v) is 10.7. The van der Waals surface area contributed by atoms with Crippen LogP contribution in [0.15, 0.2) is 23.3 Å². The summed E-state index contributed by atoms with van der Waals surface area (Å²) in [7, 11) is 0. The summed E-state index contributed by atoms with van der Waals surface area (Å²) in [6.07, 6.45) is 10.3. The second-order valence-corrected chi connectivity index (χ2v) is 4.06. The third-order valence-electron chi connectivity index (χ3n) is 2.73. The molecular weight excluding hydrogens is 200 g/mol. The molecule has 0 fully saturated rings. The molecule has 0 amide bonds. The van der Waals surface area contributed by atoms with Crippen molar-refractivity contribution < 1.29 is 10.2 Å². The maximum Gasteiger partial charge on any atom is 0.0648 e. The van der Waals surface area contributed by atoms with E-state index in [4.69, 9.17) is 0 Å². The van der Waals surface area contributed by atoms with Crippen molar-refractivity contribution in [1.82, 2.24) is 0 Å². The van der Waals surface area contributed by atoms with Gasteiger partial charge in [-0.1, -0.05) is 38.8 Å². The lowest BCUT2D eigenvalue weighted by molar-refractivity contribution is 0.305. The Morgan fingerprint density at radius 3 is 2.12 bits per heavy atom. The molecule has 0 aliphatic heterocycles. The first kappa shape index (κ1) is 15.4. The van der Waals surface area contributed by atoms with E-state index in [1.807, 2.05) is 0 Å². The number of unbranched alkanes of at least 4 members (excludes halogenated alkanes) is 2. The Balaban J connectivity index is 4.31. The molecule has 0 aromatic rings. The van der Waals surface area contributed by atoms with Crippen LogP contribution < -0.4 is 0 Å². The zero-order chi connectivity index (χ0) is 12.2. The second-order valence-electron chi connectivity index (χ2n) is 4.06. The fraction of sp³-hybridized carbons (Fsp3) is 0.714. The first-order valence-corrected chi connectivity index (χ1v) is 6.36. The molecule has 0 aromatic carbocycles. The minimum Gasteiger partial charge on any atom is -0.392 e. The fourth-order valence-electron chi connectivity index (χ4n) is 1.67. The van der Waals surface area contributed by atoms with Gasteiger partial charge in [-0.15, -0.1) is 0 Å². The molecule has 0 aliphatic rings. The lowest BCUT2D eigenvalue weighted by atomic mass is 10.00. The third-order valence-corrected chi connectivity index (χ3v) is 2.73. The Bertz CT molecular complexity index is 217. The summed E-state index contributed by atoms with van der Waals surface area (Å²) >= 11 is 0. The molecule has 0 bridgehead atoms. The van der Waals surface area contributed by atoms with Gasteiger partial charge in [-0.2, -0.15) is 0 Å². The standard InChI is InChI=1S/C14H26O2/c1-3-5-7-9-13(11-15)14(12-16)10-8-6-4-2/h5,7,15-16H,3-4,6,8-12H2,1-2H3/b7-5+,14-13-. The first-order chi connectivity index (χ1) is 7.79. The van der Waals surface area contributed by atoms with Crippen molar-refractivity contribution in [3.63, 3.8) is 0 Å². The minimum atomic E-state index is 0.0655. The topological polar surface area (TPSA) is 40.5 Å². The molecule has 0 saturated heterocycles. The van der Waals surface area contributed by atoms with Gasteiger partial charge in [-0.05, 0) is 36.8 Å². The van der Waals surface area contributed by atoms with Crippen molar-refractivity contribution >= 4 is 0 Å². The predicted molar refractivity (Wildman–Crippen MR) is 69.4 cm³/mol. The van der Waals surface area contributed by atoms with E-state index in [9.17, 15) is 10.2 Å². The van der Waals surface area contributed by atoms with E-state index in [1.54, 1.807) is 0 Å². The minimum absolute atomic E-state index is 0.0655. The van der Waals surface area contributed by atoms with Gasteiger partial charge in [0.2, 0.25) is 0 Å². The summed E-state index contributed by atoms with van der Waals surface area (Å²) in [6.45, 7) is 4.40. The summed E-state index contributed by atoms with van der Waals surface area (Å²) in [5, 5.41) is 18.6. The quantitative estimate of drug-likeness (QED) is 0.468. The third kappa shape index (κ3) is 6.81. The maximum absolute atomic E-state index is 9.29. The van der Waals surface area contributed by atoms with Crippen LogP contribution >= 0.6 is 0 Å². The number of aliphatic hydroxyl groups is 2. The van der Waals surface area contributed by atoms with Crippen LogP contribution in [0.2, 0.25) is 0 Å². The molecular formula is C14H26O2. The van der Waals surface area contributed by atoms with Crippen LogP contribution in [-0.4, -0.2) is 23.4 Å². The number of allylic oxidation sites excluding steroid dienone is 2. The van der Waals surface area contributed by atoms with Gasteiger partial charge < -0.3 is 10.2 Å². The Kier molecular flexibility index (Phi) is 10.5. The van der Waals surface area contributed by atoms with Crippen LogP contribution in [-0.2, 0) is 0 Å². The van der Waals surface area contributed by atoms with Gasteiger partial charge in [0.15, 0.2) is 0 Å². The number of rotatable bonds is 9. The fourth-order valence-corrected chi connectivity index (χ4v) is 1.67. The Morgan fingerprint density at radius 2 is 1.62 bits per heavy atom. The van der Waals surface area contributed by atoms with Crippen LogP contribution in [0, 0.1) is 0 Å². The van der Waals surface area contributed by atoms with Crippen LogP contribution in [0.4, 0.5) is 0 Å². The van der Waals surface area contributed by atoms with Gasteiger partial charge in [0.1, 0.15) is 0 Å². The SMILES string of the molecule is CC/C=C/C/C(CO)=C(/CO)CCCCC.